The fraction of sp³-hybridized carbons (Fsp3) is 1.00. The molecule has 1 unspecified atom stereocenters. The molecular formula is C7H17N3. The molecule has 1 fully saturated rings. The average Bonchev–Trinajstić information content (AvgIpc) is 2.39. The van der Waals surface area contributed by atoms with Gasteiger partial charge in [0.15, 0.2) is 0 Å². The fourth-order valence-electron chi connectivity index (χ4n) is 1.59. The molecule has 0 aromatic rings. The molecule has 0 aliphatic carbocycles. The minimum absolute atomic E-state index is 0.328. The molecule has 1 atom stereocenters. The molecule has 1 aliphatic rings. The van der Waals surface area contributed by atoms with E-state index in [0.717, 1.165) is 32.6 Å². The molecule has 0 aromatic carbocycles. The fourth-order valence-corrected chi connectivity index (χ4v) is 1.59. The zero-order valence-corrected chi connectivity index (χ0v) is 6.40. The molecule has 60 valence electrons. The van der Waals surface area contributed by atoms with Gasteiger partial charge in [0.1, 0.15) is 0 Å². The number of nitrogens with one attached hydrogen (secondary N) is 1. The summed E-state index contributed by atoms with van der Waals surface area (Å²) in [5.74, 6) is 0. The van der Waals surface area contributed by atoms with Gasteiger partial charge in [-0.2, -0.15) is 0 Å². The SMILES string of the molecule is NCCC1(CN)CCNC1. The zero-order valence-electron chi connectivity index (χ0n) is 6.40. The summed E-state index contributed by atoms with van der Waals surface area (Å²) in [5, 5.41) is 3.31. The maximum Gasteiger partial charge on any atom is 0.00209 e. The van der Waals surface area contributed by atoms with Crippen LogP contribution in [0.2, 0.25) is 0 Å². The van der Waals surface area contributed by atoms with Crippen molar-refractivity contribution < 1.29 is 0 Å². The Labute approximate surface area is 62.2 Å². The van der Waals surface area contributed by atoms with Crippen molar-refractivity contribution in [1.29, 1.82) is 0 Å². The van der Waals surface area contributed by atoms with Crippen LogP contribution in [0.25, 0.3) is 0 Å². The Balaban J connectivity index is 2.41. The Morgan fingerprint density at radius 2 is 2.20 bits per heavy atom. The lowest BCUT2D eigenvalue weighted by Gasteiger charge is -2.24. The van der Waals surface area contributed by atoms with Crippen LogP contribution in [0.5, 0.6) is 0 Å². The van der Waals surface area contributed by atoms with Gasteiger partial charge in [-0.25, -0.2) is 0 Å². The number of hydrogen-bond donors (Lipinski definition) is 3. The van der Waals surface area contributed by atoms with Gasteiger partial charge in [0.2, 0.25) is 0 Å². The van der Waals surface area contributed by atoms with E-state index in [2.05, 4.69) is 5.32 Å². The quantitative estimate of drug-likeness (QED) is 0.488. The molecule has 1 saturated heterocycles. The van der Waals surface area contributed by atoms with E-state index < -0.39 is 0 Å². The van der Waals surface area contributed by atoms with E-state index in [1.54, 1.807) is 0 Å². The Kier molecular flexibility index (Phi) is 2.65. The molecule has 0 amide bonds. The van der Waals surface area contributed by atoms with Gasteiger partial charge in [0, 0.05) is 6.54 Å². The summed E-state index contributed by atoms with van der Waals surface area (Å²) in [5.41, 5.74) is 11.5. The summed E-state index contributed by atoms with van der Waals surface area (Å²) >= 11 is 0. The van der Waals surface area contributed by atoms with Crippen LogP contribution in [0.3, 0.4) is 0 Å². The van der Waals surface area contributed by atoms with Gasteiger partial charge in [-0.05, 0) is 37.9 Å². The zero-order chi connectivity index (χ0) is 7.45. The first kappa shape index (κ1) is 7.98. The molecular weight excluding hydrogens is 126 g/mol. The summed E-state index contributed by atoms with van der Waals surface area (Å²) in [6, 6.07) is 0. The maximum atomic E-state index is 5.66. The molecule has 1 aliphatic heterocycles. The van der Waals surface area contributed by atoms with Crippen molar-refractivity contribution in [3.05, 3.63) is 0 Å². The van der Waals surface area contributed by atoms with E-state index in [4.69, 9.17) is 11.5 Å². The van der Waals surface area contributed by atoms with Crippen molar-refractivity contribution in [1.82, 2.24) is 5.32 Å². The predicted octanol–water partition coefficient (Wildman–Crippen LogP) is -0.726. The minimum Gasteiger partial charge on any atom is -0.330 e. The monoisotopic (exact) mass is 143 g/mol. The first-order chi connectivity index (χ1) is 4.83. The van der Waals surface area contributed by atoms with E-state index in [1.165, 1.54) is 6.42 Å². The Bertz CT molecular complexity index is 97.0. The van der Waals surface area contributed by atoms with Gasteiger partial charge in [0.05, 0.1) is 0 Å². The molecule has 1 rings (SSSR count). The van der Waals surface area contributed by atoms with Crippen molar-refractivity contribution in [3.8, 4) is 0 Å². The number of hydrogen-bond acceptors (Lipinski definition) is 3. The Morgan fingerprint density at radius 3 is 2.60 bits per heavy atom. The third-order valence-corrected chi connectivity index (χ3v) is 2.44. The number of rotatable bonds is 3. The third kappa shape index (κ3) is 1.48. The summed E-state index contributed by atoms with van der Waals surface area (Å²) < 4.78 is 0. The minimum atomic E-state index is 0.328. The highest BCUT2D eigenvalue weighted by Crippen LogP contribution is 2.26. The smallest absolute Gasteiger partial charge is 0.00209 e. The van der Waals surface area contributed by atoms with E-state index in [1.807, 2.05) is 0 Å². The van der Waals surface area contributed by atoms with Gasteiger partial charge < -0.3 is 16.8 Å². The molecule has 5 N–H and O–H groups in total. The molecule has 10 heavy (non-hydrogen) atoms. The largest absolute Gasteiger partial charge is 0.330 e. The molecule has 0 bridgehead atoms. The highest BCUT2D eigenvalue weighted by molar-refractivity contribution is 4.88. The van der Waals surface area contributed by atoms with E-state index >= 15 is 0 Å². The van der Waals surface area contributed by atoms with Crippen LogP contribution in [0.15, 0.2) is 0 Å². The normalized spacial score (nSPS) is 33.0. The van der Waals surface area contributed by atoms with Crippen molar-refractivity contribution in [3.63, 3.8) is 0 Å². The second-order valence-corrected chi connectivity index (χ2v) is 3.17. The van der Waals surface area contributed by atoms with Crippen LogP contribution < -0.4 is 16.8 Å². The van der Waals surface area contributed by atoms with Gasteiger partial charge in [-0.3, -0.25) is 0 Å². The molecule has 0 saturated carbocycles. The van der Waals surface area contributed by atoms with E-state index in [0.29, 0.717) is 5.41 Å². The molecule has 0 radical (unpaired) electrons. The molecule has 0 spiro atoms. The summed E-state index contributed by atoms with van der Waals surface area (Å²) in [7, 11) is 0. The summed E-state index contributed by atoms with van der Waals surface area (Å²) in [6.07, 6.45) is 2.26. The topological polar surface area (TPSA) is 64.1 Å². The maximum absolute atomic E-state index is 5.66. The molecule has 3 heteroatoms. The van der Waals surface area contributed by atoms with Crippen LogP contribution in [0, 0.1) is 5.41 Å². The molecule has 3 nitrogen and oxygen atoms in total. The Hall–Kier alpha value is -0.120. The van der Waals surface area contributed by atoms with Gasteiger partial charge >= 0.3 is 0 Å². The second kappa shape index (κ2) is 3.32. The van der Waals surface area contributed by atoms with E-state index in [9.17, 15) is 0 Å². The first-order valence-corrected chi connectivity index (χ1v) is 3.94. The third-order valence-electron chi connectivity index (χ3n) is 2.44. The summed E-state index contributed by atoms with van der Waals surface area (Å²) in [4.78, 5) is 0. The highest BCUT2D eigenvalue weighted by atomic mass is 14.9. The lowest BCUT2D eigenvalue weighted by atomic mass is 9.84. The van der Waals surface area contributed by atoms with Crippen LogP contribution in [-0.2, 0) is 0 Å². The molecule has 1 heterocycles. The van der Waals surface area contributed by atoms with Crippen LogP contribution in [0.1, 0.15) is 12.8 Å². The van der Waals surface area contributed by atoms with Gasteiger partial charge in [-0.15, -0.1) is 0 Å². The van der Waals surface area contributed by atoms with Gasteiger partial charge in [0.25, 0.3) is 0 Å². The lowest BCUT2D eigenvalue weighted by Crippen LogP contribution is -2.34. The van der Waals surface area contributed by atoms with Crippen LogP contribution in [0.4, 0.5) is 0 Å². The van der Waals surface area contributed by atoms with Gasteiger partial charge in [-0.1, -0.05) is 0 Å². The second-order valence-electron chi connectivity index (χ2n) is 3.17. The van der Waals surface area contributed by atoms with Crippen LogP contribution in [-0.4, -0.2) is 26.2 Å². The standard InChI is InChI=1S/C7H17N3/c8-3-1-7(5-9)2-4-10-6-7/h10H,1-6,8-9H2. The van der Waals surface area contributed by atoms with Crippen molar-refractivity contribution in [2.45, 2.75) is 12.8 Å². The first-order valence-electron chi connectivity index (χ1n) is 3.94. The predicted molar refractivity (Wildman–Crippen MR) is 42.6 cm³/mol. The van der Waals surface area contributed by atoms with Crippen molar-refractivity contribution in [2.75, 3.05) is 26.2 Å². The van der Waals surface area contributed by atoms with Crippen molar-refractivity contribution >= 4 is 0 Å². The summed E-state index contributed by atoms with van der Waals surface area (Å²) in [6.45, 7) is 3.70. The Morgan fingerprint density at radius 1 is 1.40 bits per heavy atom. The average molecular weight is 143 g/mol. The number of nitrogens with two attached hydrogens (primary N) is 2. The molecule has 0 aromatic heterocycles. The highest BCUT2D eigenvalue weighted by Gasteiger charge is 2.30. The van der Waals surface area contributed by atoms with E-state index in [-0.39, 0.29) is 0 Å². The lowest BCUT2D eigenvalue weighted by molar-refractivity contribution is 0.313. The van der Waals surface area contributed by atoms with Crippen LogP contribution >= 0.6 is 0 Å². The van der Waals surface area contributed by atoms with Crippen molar-refractivity contribution in [2.24, 2.45) is 16.9 Å².